The average molecular weight is 327 g/mol. The lowest BCUT2D eigenvalue weighted by Gasteiger charge is -2.10. The Balaban J connectivity index is 1.61. The summed E-state index contributed by atoms with van der Waals surface area (Å²) in [6, 6.07) is 2.65. The highest BCUT2D eigenvalue weighted by Gasteiger charge is 2.31. The van der Waals surface area contributed by atoms with Gasteiger partial charge in [-0.3, -0.25) is 0 Å². The van der Waals surface area contributed by atoms with Gasteiger partial charge in [0.2, 0.25) is 0 Å². The summed E-state index contributed by atoms with van der Waals surface area (Å²) >= 11 is 0. The van der Waals surface area contributed by atoms with Crippen LogP contribution in [0.5, 0.6) is 5.75 Å². The first-order chi connectivity index (χ1) is 11.0. The minimum atomic E-state index is -4.71. The molecular weight excluding hydrogens is 311 g/mol. The second-order valence-electron chi connectivity index (χ2n) is 5.28. The van der Waals surface area contributed by atoms with E-state index >= 15 is 0 Å². The van der Waals surface area contributed by atoms with Gasteiger partial charge in [0.05, 0.1) is 12.7 Å². The molecule has 3 rings (SSSR count). The van der Waals surface area contributed by atoms with Crippen molar-refractivity contribution in [2.45, 2.75) is 45.1 Å². The van der Waals surface area contributed by atoms with Gasteiger partial charge in [-0.2, -0.15) is 0 Å². The van der Waals surface area contributed by atoms with E-state index in [1.165, 1.54) is 18.6 Å². The number of alkyl halides is 3. The van der Waals surface area contributed by atoms with Crippen LogP contribution in [0.2, 0.25) is 0 Å². The molecule has 0 atom stereocenters. The summed E-state index contributed by atoms with van der Waals surface area (Å²) < 4.78 is 42.1. The van der Waals surface area contributed by atoms with Crippen LogP contribution in [0.1, 0.15) is 30.9 Å². The van der Waals surface area contributed by atoms with Crippen LogP contribution in [-0.2, 0) is 19.5 Å². The molecule has 0 bridgehead atoms. The number of nitrogens with one attached hydrogen (secondary N) is 1. The third kappa shape index (κ3) is 4.11. The third-order valence-electron chi connectivity index (χ3n) is 3.58. The Morgan fingerprint density at radius 3 is 2.78 bits per heavy atom. The largest absolute Gasteiger partial charge is 0.573 e. The second-order valence-corrected chi connectivity index (χ2v) is 5.28. The predicted octanol–water partition coefficient (Wildman–Crippen LogP) is 2.91. The molecule has 9 heteroatoms. The van der Waals surface area contributed by atoms with Crippen molar-refractivity contribution in [3.63, 3.8) is 0 Å². The highest BCUT2D eigenvalue weighted by molar-refractivity contribution is 5.37. The summed E-state index contributed by atoms with van der Waals surface area (Å²) in [5, 5.41) is 11.4. The number of hydrogen-bond donors (Lipinski definition) is 1. The SMILES string of the molecule is FC(F)(F)Oc1ccc(NCc2nnc3n2CCCCC3)nc1. The highest BCUT2D eigenvalue weighted by Crippen LogP contribution is 2.22. The topological polar surface area (TPSA) is 64.9 Å². The molecular formula is C14H16F3N5O. The molecule has 1 aliphatic heterocycles. The molecule has 3 heterocycles. The first-order valence-electron chi connectivity index (χ1n) is 7.38. The summed E-state index contributed by atoms with van der Waals surface area (Å²) in [6.07, 6.45) is 0.636. The Kier molecular flexibility index (Phi) is 4.35. The van der Waals surface area contributed by atoms with Crippen LogP contribution in [0, 0.1) is 0 Å². The molecule has 0 amide bonds. The van der Waals surface area contributed by atoms with E-state index in [4.69, 9.17) is 0 Å². The van der Waals surface area contributed by atoms with Crippen molar-refractivity contribution in [1.82, 2.24) is 19.7 Å². The zero-order valence-corrected chi connectivity index (χ0v) is 12.3. The highest BCUT2D eigenvalue weighted by atomic mass is 19.4. The van der Waals surface area contributed by atoms with Crippen LogP contribution in [-0.4, -0.2) is 26.1 Å². The number of fused-ring (bicyclic) bond motifs is 1. The molecule has 0 unspecified atom stereocenters. The minimum absolute atomic E-state index is 0.348. The molecule has 0 saturated heterocycles. The maximum Gasteiger partial charge on any atom is 0.573 e. The van der Waals surface area contributed by atoms with E-state index in [2.05, 4.69) is 29.8 Å². The quantitative estimate of drug-likeness (QED) is 0.935. The lowest BCUT2D eigenvalue weighted by Crippen LogP contribution is -2.17. The number of pyridine rings is 1. The van der Waals surface area contributed by atoms with E-state index in [1.807, 2.05) is 0 Å². The van der Waals surface area contributed by atoms with Crippen LogP contribution in [0.25, 0.3) is 0 Å². The predicted molar refractivity (Wildman–Crippen MR) is 75.8 cm³/mol. The Morgan fingerprint density at radius 1 is 1.17 bits per heavy atom. The maximum atomic E-state index is 12.1. The number of anilines is 1. The normalized spacial score (nSPS) is 14.9. The summed E-state index contributed by atoms with van der Waals surface area (Å²) in [6.45, 7) is 1.31. The van der Waals surface area contributed by atoms with Gasteiger partial charge in [0.15, 0.2) is 5.82 Å². The van der Waals surface area contributed by atoms with Crippen molar-refractivity contribution in [2.75, 3.05) is 5.32 Å². The Morgan fingerprint density at radius 2 is 2.04 bits per heavy atom. The molecule has 2 aromatic rings. The van der Waals surface area contributed by atoms with Gasteiger partial charge in [0.1, 0.15) is 17.4 Å². The molecule has 1 N–H and O–H groups in total. The molecule has 124 valence electrons. The van der Waals surface area contributed by atoms with E-state index in [0.29, 0.717) is 12.4 Å². The number of halogens is 3. The lowest BCUT2D eigenvalue weighted by atomic mass is 10.2. The molecule has 0 radical (unpaired) electrons. The molecule has 6 nitrogen and oxygen atoms in total. The molecule has 0 spiro atoms. The summed E-state index contributed by atoms with van der Waals surface area (Å²) in [5.41, 5.74) is 0. The molecule has 0 aliphatic carbocycles. The summed E-state index contributed by atoms with van der Waals surface area (Å²) in [5.74, 6) is 1.89. The van der Waals surface area contributed by atoms with E-state index in [-0.39, 0.29) is 5.75 Å². The summed E-state index contributed by atoms with van der Waals surface area (Å²) in [7, 11) is 0. The number of rotatable bonds is 4. The van der Waals surface area contributed by atoms with Crippen molar-refractivity contribution in [1.29, 1.82) is 0 Å². The lowest BCUT2D eigenvalue weighted by molar-refractivity contribution is -0.274. The van der Waals surface area contributed by atoms with Crippen molar-refractivity contribution in [3.05, 3.63) is 30.0 Å². The van der Waals surface area contributed by atoms with E-state index in [0.717, 1.165) is 43.7 Å². The van der Waals surface area contributed by atoms with Gasteiger partial charge < -0.3 is 14.6 Å². The van der Waals surface area contributed by atoms with Crippen molar-refractivity contribution < 1.29 is 17.9 Å². The fourth-order valence-corrected chi connectivity index (χ4v) is 2.52. The first kappa shape index (κ1) is 15.6. The fraction of sp³-hybridized carbons (Fsp3) is 0.500. The average Bonchev–Trinajstić information content (AvgIpc) is 2.72. The monoisotopic (exact) mass is 327 g/mol. The van der Waals surface area contributed by atoms with Gasteiger partial charge in [-0.1, -0.05) is 6.42 Å². The first-order valence-corrected chi connectivity index (χ1v) is 7.38. The van der Waals surface area contributed by atoms with Gasteiger partial charge in [-0.15, -0.1) is 23.4 Å². The number of nitrogens with zero attached hydrogens (tertiary/aromatic N) is 4. The molecule has 23 heavy (non-hydrogen) atoms. The van der Waals surface area contributed by atoms with Crippen LogP contribution in [0.4, 0.5) is 19.0 Å². The molecule has 2 aromatic heterocycles. The molecule has 0 aromatic carbocycles. The number of ether oxygens (including phenoxy) is 1. The maximum absolute atomic E-state index is 12.1. The fourth-order valence-electron chi connectivity index (χ4n) is 2.52. The zero-order chi connectivity index (χ0) is 16.3. The van der Waals surface area contributed by atoms with Gasteiger partial charge in [0, 0.05) is 13.0 Å². The molecule has 1 aliphatic rings. The third-order valence-corrected chi connectivity index (χ3v) is 3.58. The van der Waals surface area contributed by atoms with Crippen molar-refractivity contribution in [3.8, 4) is 5.75 Å². The van der Waals surface area contributed by atoms with E-state index in [1.54, 1.807) is 0 Å². The smallest absolute Gasteiger partial charge is 0.404 e. The molecule has 0 saturated carbocycles. The van der Waals surface area contributed by atoms with E-state index in [9.17, 15) is 13.2 Å². The van der Waals surface area contributed by atoms with Crippen LogP contribution in [0.3, 0.4) is 0 Å². The Hall–Kier alpha value is -2.32. The standard InChI is InChI=1S/C14H16F3N5O/c15-14(16,17)23-10-5-6-11(18-8-10)19-9-13-21-20-12-4-2-1-3-7-22(12)13/h5-6,8H,1-4,7,9H2,(H,18,19). The van der Waals surface area contributed by atoms with Gasteiger partial charge in [-0.05, 0) is 25.0 Å². The van der Waals surface area contributed by atoms with Gasteiger partial charge in [-0.25, -0.2) is 4.98 Å². The van der Waals surface area contributed by atoms with Crippen molar-refractivity contribution >= 4 is 5.82 Å². The van der Waals surface area contributed by atoms with E-state index < -0.39 is 6.36 Å². The number of hydrogen-bond acceptors (Lipinski definition) is 5. The Bertz CT molecular complexity index is 653. The molecule has 0 fully saturated rings. The van der Waals surface area contributed by atoms with Gasteiger partial charge in [0.25, 0.3) is 0 Å². The second kappa shape index (κ2) is 6.43. The van der Waals surface area contributed by atoms with Gasteiger partial charge >= 0.3 is 6.36 Å². The minimum Gasteiger partial charge on any atom is -0.404 e. The Labute approximate surface area is 130 Å². The van der Waals surface area contributed by atoms with Crippen molar-refractivity contribution in [2.24, 2.45) is 0 Å². The number of aryl methyl sites for hydroxylation is 1. The van der Waals surface area contributed by atoms with Crippen LogP contribution < -0.4 is 10.1 Å². The van der Waals surface area contributed by atoms with Crippen LogP contribution in [0.15, 0.2) is 18.3 Å². The summed E-state index contributed by atoms with van der Waals surface area (Å²) in [4.78, 5) is 3.90. The zero-order valence-electron chi connectivity index (χ0n) is 12.3. The number of aromatic nitrogens is 4. The van der Waals surface area contributed by atoms with Crippen LogP contribution >= 0.6 is 0 Å².